The van der Waals surface area contributed by atoms with Gasteiger partial charge in [0.2, 0.25) is 5.91 Å². The number of hydrogen-bond donors (Lipinski definition) is 2. The molecule has 0 saturated carbocycles. The van der Waals surface area contributed by atoms with Gasteiger partial charge in [0.15, 0.2) is 0 Å². The molecule has 2 rings (SSSR count). The Morgan fingerprint density at radius 3 is 2.74 bits per heavy atom. The molecule has 126 valence electrons. The van der Waals surface area contributed by atoms with Crippen LogP contribution in [0, 0.1) is 0 Å². The minimum Gasteiger partial charge on any atom is -0.352 e. The fourth-order valence-corrected chi connectivity index (χ4v) is 2.88. The Kier molecular flexibility index (Phi) is 6.86. The molecule has 1 fully saturated rings. The number of carbonyl (C=O) groups excluding carboxylic acids is 2. The van der Waals surface area contributed by atoms with E-state index in [1.54, 1.807) is 24.3 Å². The molecule has 0 aliphatic carbocycles. The summed E-state index contributed by atoms with van der Waals surface area (Å²) in [5.41, 5.74) is 0.546. The van der Waals surface area contributed by atoms with Crippen molar-refractivity contribution in [2.24, 2.45) is 0 Å². The van der Waals surface area contributed by atoms with Crippen LogP contribution >= 0.6 is 11.6 Å². The van der Waals surface area contributed by atoms with Gasteiger partial charge in [-0.15, -0.1) is 0 Å². The molecule has 1 atom stereocenters. The number of rotatable bonds is 5. The first-order valence-electron chi connectivity index (χ1n) is 8.08. The summed E-state index contributed by atoms with van der Waals surface area (Å²) in [4.78, 5) is 26.1. The van der Waals surface area contributed by atoms with Crippen LogP contribution in [0.1, 0.15) is 36.0 Å². The molecule has 6 heteroatoms. The topological polar surface area (TPSA) is 61.4 Å². The molecular formula is C17H24ClN3O2. The van der Waals surface area contributed by atoms with Gasteiger partial charge in [0.1, 0.15) is 0 Å². The van der Waals surface area contributed by atoms with E-state index in [9.17, 15) is 9.59 Å². The first kappa shape index (κ1) is 17.8. The Morgan fingerprint density at radius 1 is 1.26 bits per heavy atom. The lowest BCUT2D eigenvalue weighted by Crippen LogP contribution is -2.39. The highest BCUT2D eigenvalue weighted by Crippen LogP contribution is 2.13. The van der Waals surface area contributed by atoms with E-state index >= 15 is 0 Å². The molecule has 1 aromatic carbocycles. The lowest BCUT2D eigenvalue weighted by molar-refractivity contribution is -0.132. The fourth-order valence-electron chi connectivity index (χ4n) is 2.75. The summed E-state index contributed by atoms with van der Waals surface area (Å²) < 4.78 is 0. The monoisotopic (exact) mass is 337 g/mol. The first-order valence-corrected chi connectivity index (χ1v) is 8.46. The van der Waals surface area contributed by atoms with Gasteiger partial charge in [-0.25, -0.2) is 0 Å². The van der Waals surface area contributed by atoms with Crippen LogP contribution in [0.25, 0.3) is 0 Å². The van der Waals surface area contributed by atoms with E-state index in [1.165, 1.54) is 0 Å². The second-order valence-electron chi connectivity index (χ2n) is 5.85. The summed E-state index contributed by atoms with van der Waals surface area (Å²) in [6, 6.07) is 6.99. The third-order valence-electron chi connectivity index (χ3n) is 4.22. The molecule has 1 aliphatic rings. The SMILES string of the molecule is CN(C(=O)CCNC(=O)c1ccc(Cl)cc1)C1CCCNCC1. The number of nitrogens with zero attached hydrogens (tertiary/aromatic N) is 1. The lowest BCUT2D eigenvalue weighted by Gasteiger charge is -2.27. The maximum Gasteiger partial charge on any atom is 0.251 e. The number of carbonyl (C=O) groups is 2. The van der Waals surface area contributed by atoms with E-state index in [0.29, 0.717) is 29.6 Å². The lowest BCUT2D eigenvalue weighted by atomic mass is 10.1. The highest BCUT2D eigenvalue weighted by molar-refractivity contribution is 6.30. The van der Waals surface area contributed by atoms with Crippen molar-refractivity contribution in [3.05, 3.63) is 34.9 Å². The van der Waals surface area contributed by atoms with Crippen LogP contribution in [0.5, 0.6) is 0 Å². The molecule has 0 spiro atoms. The van der Waals surface area contributed by atoms with Crippen LogP contribution < -0.4 is 10.6 Å². The molecule has 23 heavy (non-hydrogen) atoms. The number of benzene rings is 1. The van der Waals surface area contributed by atoms with Crippen molar-refractivity contribution >= 4 is 23.4 Å². The number of amides is 2. The highest BCUT2D eigenvalue weighted by atomic mass is 35.5. The van der Waals surface area contributed by atoms with Crippen molar-refractivity contribution in [1.29, 1.82) is 0 Å². The molecule has 1 heterocycles. The summed E-state index contributed by atoms with van der Waals surface area (Å²) in [6.07, 6.45) is 3.43. The van der Waals surface area contributed by atoms with Crippen molar-refractivity contribution < 1.29 is 9.59 Å². The summed E-state index contributed by atoms with van der Waals surface area (Å²) in [5.74, 6) is -0.107. The maximum atomic E-state index is 12.3. The van der Waals surface area contributed by atoms with Gasteiger partial charge in [0.05, 0.1) is 0 Å². The third kappa shape index (κ3) is 5.52. The minimum atomic E-state index is -0.184. The number of nitrogens with one attached hydrogen (secondary N) is 2. The van der Waals surface area contributed by atoms with Gasteiger partial charge in [-0.05, 0) is 56.6 Å². The second kappa shape index (κ2) is 8.89. The van der Waals surface area contributed by atoms with Gasteiger partial charge >= 0.3 is 0 Å². The van der Waals surface area contributed by atoms with Crippen molar-refractivity contribution in [1.82, 2.24) is 15.5 Å². The van der Waals surface area contributed by atoms with Crippen LogP contribution in [0.3, 0.4) is 0 Å². The Hall–Kier alpha value is -1.59. The average molecular weight is 338 g/mol. The van der Waals surface area contributed by atoms with Crippen LogP contribution in [-0.4, -0.2) is 49.4 Å². The molecule has 1 aromatic rings. The number of hydrogen-bond acceptors (Lipinski definition) is 3. The minimum absolute atomic E-state index is 0.0771. The van der Waals surface area contributed by atoms with E-state index in [2.05, 4.69) is 10.6 Å². The molecule has 5 nitrogen and oxygen atoms in total. The summed E-state index contributed by atoms with van der Waals surface area (Å²) in [7, 11) is 1.86. The van der Waals surface area contributed by atoms with Gasteiger partial charge in [-0.2, -0.15) is 0 Å². The van der Waals surface area contributed by atoms with Gasteiger partial charge in [-0.1, -0.05) is 11.6 Å². The molecule has 2 amide bonds. The Bertz CT molecular complexity index is 525. The molecule has 1 aliphatic heterocycles. The predicted molar refractivity (Wildman–Crippen MR) is 91.7 cm³/mol. The molecule has 1 saturated heterocycles. The van der Waals surface area contributed by atoms with Crippen molar-refractivity contribution in [3.63, 3.8) is 0 Å². The van der Waals surface area contributed by atoms with Crippen molar-refractivity contribution in [2.45, 2.75) is 31.7 Å². The fraction of sp³-hybridized carbons (Fsp3) is 0.529. The van der Waals surface area contributed by atoms with Crippen molar-refractivity contribution in [2.75, 3.05) is 26.7 Å². The zero-order chi connectivity index (χ0) is 16.7. The summed E-state index contributed by atoms with van der Waals surface area (Å²) in [6.45, 7) is 2.32. The van der Waals surface area contributed by atoms with E-state index in [-0.39, 0.29) is 11.8 Å². The molecule has 1 unspecified atom stereocenters. The zero-order valence-corrected chi connectivity index (χ0v) is 14.2. The Balaban J connectivity index is 1.75. The molecule has 2 N–H and O–H groups in total. The second-order valence-corrected chi connectivity index (χ2v) is 6.29. The summed E-state index contributed by atoms with van der Waals surface area (Å²) >= 11 is 5.80. The molecule has 0 aromatic heterocycles. The number of halogens is 1. The Morgan fingerprint density at radius 2 is 2.00 bits per heavy atom. The van der Waals surface area contributed by atoms with Crippen LogP contribution in [0.2, 0.25) is 5.02 Å². The van der Waals surface area contributed by atoms with E-state index in [0.717, 1.165) is 32.4 Å². The summed E-state index contributed by atoms with van der Waals surface area (Å²) in [5, 5.41) is 6.72. The van der Waals surface area contributed by atoms with Crippen LogP contribution in [-0.2, 0) is 4.79 Å². The van der Waals surface area contributed by atoms with Gasteiger partial charge in [0.25, 0.3) is 5.91 Å². The first-order chi connectivity index (χ1) is 11.1. The zero-order valence-electron chi connectivity index (χ0n) is 13.5. The third-order valence-corrected chi connectivity index (χ3v) is 4.47. The molecule has 0 bridgehead atoms. The van der Waals surface area contributed by atoms with Gasteiger partial charge in [-0.3, -0.25) is 9.59 Å². The van der Waals surface area contributed by atoms with Crippen LogP contribution in [0.4, 0.5) is 0 Å². The van der Waals surface area contributed by atoms with Gasteiger partial charge < -0.3 is 15.5 Å². The average Bonchev–Trinajstić information content (AvgIpc) is 2.83. The van der Waals surface area contributed by atoms with E-state index in [4.69, 9.17) is 11.6 Å². The predicted octanol–water partition coefficient (Wildman–Crippen LogP) is 2.06. The van der Waals surface area contributed by atoms with Crippen LogP contribution in [0.15, 0.2) is 24.3 Å². The van der Waals surface area contributed by atoms with Gasteiger partial charge in [0, 0.05) is 36.6 Å². The Labute approximate surface area is 142 Å². The van der Waals surface area contributed by atoms with E-state index in [1.807, 2.05) is 11.9 Å². The highest BCUT2D eigenvalue weighted by Gasteiger charge is 2.20. The normalized spacial score (nSPS) is 18.1. The largest absolute Gasteiger partial charge is 0.352 e. The quantitative estimate of drug-likeness (QED) is 0.864. The van der Waals surface area contributed by atoms with Crippen molar-refractivity contribution in [3.8, 4) is 0 Å². The molecular weight excluding hydrogens is 314 g/mol. The van der Waals surface area contributed by atoms with E-state index < -0.39 is 0 Å². The maximum absolute atomic E-state index is 12.3. The smallest absolute Gasteiger partial charge is 0.251 e. The standard InChI is InChI=1S/C17H24ClN3O2/c1-21(15-3-2-10-19-11-8-15)16(22)9-12-20-17(23)13-4-6-14(18)7-5-13/h4-7,15,19H,2-3,8-12H2,1H3,(H,20,23). The molecule has 0 radical (unpaired) electrons.